The van der Waals surface area contributed by atoms with Gasteiger partial charge in [0.2, 0.25) is 0 Å². The van der Waals surface area contributed by atoms with Gasteiger partial charge in [-0.05, 0) is 17.7 Å². The minimum Gasteiger partial charge on any atom is -0.394 e. The predicted octanol–water partition coefficient (Wildman–Crippen LogP) is -0.313. The Labute approximate surface area is 142 Å². The number of aliphatic hydroxyl groups excluding tert-OH is 3. The van der Waals surface area contributed by atoms with Crippen molar-refractivity contribution in [3.63, 3.8) is 0 Å². The molecule has 1 fully saturated rings. The molecule has 4 atom stereocenters. The number of aliphatic hydroxyl groups is 3. The van der Waals surface area contributed by atoms with E-state index in [4.69, 9.17) is 10.5 Å². The second-order valence-corrected chi connectivity index (χ2v) is 5.87. The molecule has 0 bridgehead atoms. The van der Waals surface area contributed by atoms with Gasteiger partial charge in [0.15, 0.2) is 6.23 Å². The zero-order valence-electron chi connectivity index (χ0n) is 13.1. The third-order valence-electron chi connectivity index (χ3n) is 4.42. The molecule has 130 valence electrons. The minimum atomic E-state index is -1.21. The van der Waals surface area contributed by atoms with Gasteiger partial charge < -0.3 is 30.4 Å². The van der Waals surface area contributed by atoms with Crippen molar-refractivity contribution in [1.82, 2.24) is 19.5 Å². The van der Waals surface area contributed by atoms with E-state index in [9.17, 15) is 15.3 Å². The van der Waals surface area contributed by atoms with Crippen molar-refractivity contribution in [2.24, 2.45) is 0 Å². The van der Waals surface area contributed by atoms with E-state index in [-0.39, 0.29) is 0 Å². The fourth-order valence-electron chi connectivity index (χ4n) is 3.16. The highest BCUT2D eigenvalue weighted by Gasteiger charge is 2.44. The van der Waals surface area contributed by atoms with Gasteiger partial charge in [-0.25, -0.2) is 9.97 Å². The summed E-state index contributed by atoms with van der Waals surface area (Å²) in [6, 6.07) is 3.64. The third-order valence-corrected chi connectivity index (χ3v) is 4.42. The lowest BCUT2D eigenvalue weighted by Crippen LogP contribution is -2.33. The monoisotopic (exact) mass is 343 g/mol. The number of nitrogen functional groups attached to an aromatic ring is 1. The summed E-state index contributed by atoms with van der Waals surface area (Å²) in [7, 11) is 0. The van der Waals surface area contributed by atoms with Gasteiger partial charge in [0, 0.05) is 24.2 Å². The van der Waals surface area contributed by atoms with Crippen LogP contribution in [0.2, 0.25) is 0 Å². The van der Waals surface area contributed by atoms with Gasteiger partial charge in [-0.2, -0.15) is 0 Å². The van der Waals surface area contributed by atoms with Crippen LogP contribution < -0.4 is 5.73 Å². The first kappa shape index (κ1) is 15.9. The number of nitrogens with two attached hydrogens (primary N) is 1. The fraction of sp³-hybridized carbons (Fsp3) is 0.312. The van der Waals surface area contributed by atoms with Gasteiger partial charge in [0.1, 0.15) is 36.1 Å². The summed E-state index contributed by atoms with van der Waals surface area (Å²) >= 11 is 0. The molecule has 4 rings (SSSR count). The smallest absolute Gasteiger partial charge is 0.164 e. The van der Waals surface area contributed by atoms with Gasteiger partial charge in [-0.15, -0.1) is 0 Å². The van der Waals surface area contributed by atoms with Gasteiger partial charge in [-0.3, -0.25) is 4.98 Å². The lowest BCUT2D eigenvalue weighted by Gasteiger charge is -2.17. The number of aromatic nitrogens is 4. The number of hydrogen-bond donors (Lipinski definition) is 4. The van der Waals surface area contributed by atoms with Crippen LogP contribution >= 0.6 is 0 Å². The molecule has 0 aliphatic carbocycles. The fourth-order valence-corrected chi connectivity index (χ4v) is 3.16. The Hall–Kier alpha value is -2.59. The molecule has 0 spiro atoms. The van der Waals surface area contributed by atoms with Crippen molar-refractivity contribution in [1.29, 1.82) is 0 Å². The number of rotatable bonds is 3. The Morgan fingerprint density at radius 3 is 2.60 bits per heavy atom. The average molecular weight is 343 g/mol. The molecular formula is C16H17N5O4. The van der Waals surface area contributed by atoms with E-state index in [2.05, 4.69) is 15.0 Å². The first-order valence-electron chi connectivity index (χ1n) is 7.75. The maximum Gasteiger partial charge on any atom is 0.164 e. The predicted molar refractivity (Wildman–Crippen MR) is 88.2 cm³/mol. The zero-order chi connectivity index (χ0) is 17.6. The molecule has 0 radical (unpaired) electrons. The topological polar surface area (TPSA) is 140 Å². The molecule has 0 unspecified atom stereocenters. The van der Waals surface area contributed by atoms with E-state index in [0.29, 0.717) is 16.9 Å². The summed E-state index contributed by atoms with van der Waals surface area (Å²) in [6.45, 7) is -0.401. The number of nitrogens with zero attached hydrogens (tertiary/aromatic N) is 4. The summed E-state index contributed by atoms with van der Waals surface area (Å²) in [4.78, 5) is 12.3. The number of ether oxygens (including phenoxy) is 1. The SMILES string of the molecule is Nc1ncnc2c1c(-c1ccncc1)cn2[C@@H]1O[C@H](CO)[C@@H](O)[C@H]1O. The molecule has 25 heavy (non-hydrogen) atoms. The number of anilines is 1. The van der Waals surface area contributed by atoms with Crippen molar-refractivity contribution < 1.29 is 20.1 Å². The number of hydrogen-bond acceptors (Lipinski definition) is 8. The van der Waals surface area contributed by atoms with Crippen molar-refractivity contribution in [3.8, 4) is 11.1 Å². The van der Waals surface area contributed by atoms with E-state index >= 15 is 0 Å². The Morgan fingerprint density at radius 1 is 1.16 bits per heavy atom. The van der Waals surface area contributed by atoms with Crippen LogP contribution in [0.3, 0.4) is 0 Å². The second-order valence-electron chi connectivity index (χ2n) is 5.87. The Morgan fingerprint density at radius 2 is 1.92 bits per heavy atom. The largest absolute Gasteiger partial charge is 0.394 e. The molecule has 1 saturated heterocycles. The molecule has 0 amide bonds. The first-order chi connectivity index (χ1) is 12.1. The van der Waals surface area contributed by atoms with Crippen LogP contribution in [0.5, 0.6) is 0 Å². The normalized spacial score (nSPS) is 26.4. The van der Waals surface area contributed by atoms with Gasteiger partial charge >= 0.3 is 0 Å². The summed E-state index contributed by atoms with van der Waals surface area (Å²) in [6.07, 6.45) is 2.19. The average Bonchev–Trinajstić information content (AvgIpc) is 3.15. The van der Waals surface area contributed by atoms with Crippen molar-refractivity contribution >= 4 is 16.9 Å². The molecule has 1 aliphatic rings. The molecule has 0 aromatic carbocycles. The van der Waals surface area contributed by atoms with E-state index in [0.717, 1.165) is 11.1 Å². The molecule has 5 N–H and O–H groups in total. The third kappa shape index (κ3) is 2.45. The lowest BCUT2D eigenvalue weighted by atomic mass is 10.1. The van der Waals surface area contributed by atoms with Crippen molar-refractivity contribution in [3.05, 3.63) is 37.1 Å². The Bertz CT molecular complexity index is 900. The Balaban J connectivity index is 1.90. The van der Waals surface area contributed by atoms with Gasteiger partial charge in [0.05, 0.1) is 12.0 Å². The van der Waals surface area contributed by atoms with Crippen LogP contribution in [-0.4, -0.2) is 59.8 Å². The van der Waals surface area contributed by atoms with Crippen LogP contribution in [0.25, 0.3) is 22.2 Å². The summed E-state index contributed by atoms with van der Waals surface area (Å²) in [5, 5.41) is 30.3. The van der Waals surface area contributed by atoms with Crippen LogP contribution in [-0.2, 0) is 4.74 Å². The number of pyridine rings is 1. The quantitative estimate of drug-likeness (QED) is 0.508. The molecule has 0 saturated carbocycles. The van der Waals surface area contributed by atoms with E-state index in [1.807, 2.05) is 12.1 Å². The van der Waals surface area contributed by atoms with Crippen molar-refractivity contribution in [2.75, 3.05) is 12.3 Å². The summed E-state index contributed by atoms with van der Waals surface area (Å²) in [5.41, 5.74) is 8.13. The van der Waals surface area contributed by atoms with E-state index in [1.54, 1.807) is 23.2 Å². The zero-order valence-corrected chi connectivity index (χ0v) is 13.1. The van der Waals surface area contributed by atoms with Crippen LogP contribution in [0, 0.1) is 0 Å². The summed E-state index contributed by atoms with van der Waals surface area (Å²) in [5.74, 6) is 0.294. The van der Waals surface area contributed by atoms with Crippen LogP contribution in [0.4, 0.5) is 5.82 Å². The first-order valence-corrected chi connectivity index (χ1v) is 7.75. The molecule has 3 aromatic heterocycles. The van der Waals surface area contributed by atoms with Crippen molar-refractivity contribution in [2.45, 2.75) is 24.5 Å². The van der Waals surface area contributed by atoms with Crippen LogP contribution in [0.15, 0.2) is 37.1 Å². The summed E-state index contributed by atoms with van der Waals surface area (Å²) < 4.78 is 7.22. The lowest BCUT2D eigenvalue weighted by molar-refractivity contribution is -0.0508. The standard InChI is InChI=1S/C16H17N5O4/c17-14-11-9(8-1-3-18-4-2-8)5-21(15(11)20-7-19-14)16-13(24)12(23)10(6-22)25-16/h1-5,7,10,12-13,16,22-24H,6H2,(H2,17,19,20)/t10-,12-,13-,16-/m1/s1. The van der Waals surface area contributed by atoms with Gasteiger partial charge in [-0.1, -0.05) is 0 Å². The highest BCUT2D eigenvalue weighted by atomic mass is 16.6. The number of fused-ring (bicyclic) bond motifs is 1. The van der Waals surface area contributed by atoms with Crippen LogP contribution in [0.1, 0.15) is 6.23 Å². The molecule has 9 nitrogen and oxygen atoms in total. The highest BCUT2D eigenvalue weighted by Crippen LogP contribution is 2.38. The highest BCUT2D eigenvalue weighted by molar-refractivity contribution is 6.00. The maximum absolute atomic E-state index is 10.3. The second kappa shape index (κ2) is 6.05. The molecular weight excluding hydrogens is 326 g/mol. The minimum absolute atomic E-state index is 0.294. The Kier molecular flexibility index (Phi) is 3.85. The van der Waals surface area contributed by atoms with Gasteiger partial charge in [0.25, 0.3) is 0 Å². The van der Waals surface area contributed by atoms with E-state index in [1.165, 1.54) is 6.33 Å². The molecule has 1 aliphatic heterocycles. The maximum atomic E-state index is 10.3. The van der Waals surface area contributed by atoms with E-state index < -0.39 is 31.1 Å². The molecule has 9 heteroatoms. The molecule has 4 heterocycles. The molecule has 3 aromatic rings.